The van der Waals surface area contributed by atoms with E-state index in [-0.39, 0.29) is 6.03 Å². The highest BCUT2D eigenvalue weighted by atomic mass is 32.2. The van der Waals surface area contributed by atoms with Crippen LogP contribution in [0.1, 0.15) is 25.7 Å². The van der Waals surface area contributed by atoms with Gasteiger partial charge in [0.15, 0.2) is 0 Å². The number of hydrogen-bond donors (Lipinski definition) is 2. The Bertz CT molecular complexity index is 508. The van der Waals surface area contributed by atoms with E-state index in [0.29, 0.717) is 18.1 Å². The fraction of sp³-hybridized carbons (Fsp3) is 0.562. The van der Waals surface area contributed by atoms with Gasteiger partial charge in [0.1, 0.15) is 0 Å². The number of thioether (sulfide) groups is 1. The standard InChI is InChI=1S/C16H23N3OS/c1-19-12-7-8-13(19)10-11(9-12)17-16(20)18-14-5-3-4-6-15(14)21-2/h3-6,11-13H,7-10H2,1-2H3,(H2,17,18,20)/t11?,12-,13+. The number of carbonyl (C=O) groups is 1. The molecule has 0 aliphatic carbocycles. The van der Waals surface area contributed by atoms with Gasteiger partial charge in [0.2, 0.25) is 0 Å². The van der Waals surface area contributed by atoms with E-state index in [2.05, 4.69) is 22.6 Å². The molecule has 2 aliphatic rings. The SMILES string of the molecule is CSc1ccccc1NC(=O)NC1C[C@H]2CC[C@@H](C1)N2C. The number of rotatable bonds is 3. The number of carbonyl (C=O) groups excluding carboxylic acids is 1. The quantitative estimate of drug-likeness (QED) is 0.843. The van der Waals surface area contributed by atoms with Gasteiger partial charge in [-0.1, -0.05) is 12.1 Å². The van der Waals surface area contributed by atoms with Crippen molar-refractivity contribution in [2.24, 2.45) is 0 Å². The highest BCUT2D eigenvalue weighted by Gasteiger charge is 2.38. The summed E-state index contributed by atoms with van der Waals surface area (Å²) in [4.78, 5) is 15.8. The summed E-state index contributed by atoms with van der Waals surface area (Å²) in [6, 6.07) is 9.43. The zero-order chi connectivity index (χ0) is 14.8. The molecular formula is C16H23N3OS. The molecule has 2 bridgehead atoms. The number of nitrogens with zero attached hydrogens (tertiary/aromatic N) is 1. The van der Waals surface area contributed by atoms with Gasteiger partial charge < -0.3 is 15.5 Å². The average molecular weight is 305 g/mol. The number of para-hydroxylation sites is 1. The van der Waals surface area contributed by atoms with Crippen molar-refractivity contribution < 1.29 is 4.79 Å². The number of piperidine rings is 1. The van der Waals surface area contributed by atoms with Crippen LogP contribution in [-0.4, -0.2) is 42.4 Å². The molecule has 0 aromatic heterocycles. The molecule has 2 N–H and O–H groups in total. The fourth-order valence-corrected chi connectivity index (χ4v) is 4.17. The van der Waals surface area contributed by atoms with Crippen molar-refractivity contribution in [3.05, 3.63) is 24.3 Å². The minimum Gasteiger partial charge on any atom is -0.335 e. The maximum absolute atomic E-state index is 12.2. The average Bonchev–Trinajstić information content (AvgIpc) is 2.70. The van der Waals surface area contributed by atoms with Gasteiger partial charge in [-0.25, -0.2) is 4.79 Å². The van der Waals surface area contributed by atoms with Crippen LogP contribution in [0.3, 0.4) is 0 Å². The monoisotopic (exact) mass is 305 g/mol. The molecule has 4 nitrogen and oxygen atoms in total. The van der Waals surface area contributed by atoms with Crippen molar-refractivity contribution in [1.29, 1.82) is 0 Å². The van der Waals surface area contributed by atoms with Crippen LogP contribution in [0.5, 0.6) is 0 Å². The molecule has 21 heavy (non-hydrogen) atoms. The third-order valence-electron chi connectivity index (χ3n) is 4.79. The number of hydrogen-bond acceptors (Lipinski definition) is 3. The zero-order valence-corrected chi connectivity index (χ0v) is 13.5. The van der Waals surface area contributed by atoms with Gasteiger partial charge in [-0.3, -0.25) is 0 Å². The van der Waals surface area contributed by atoms with Gasteiger partial charge in [-0.15, -0.1) is 11.8 Å². The van der Waals surface area contributed by atoms with E-state index >= 15 is 0 Å². The Morgan fingerprint density at radius 1 is 1.24 bits per heavy atom. The molecule has 2 saturated heterocycles. The lowest BCUT2D eigenvalue weighted by Gasteiger charge is -2.36. The van der Waals surface area contributed by atoms with Gasteiger partial charge in [0, 0.05) is 23.0 Å². The lowest BCUT2D eigenvalue weighted by molar-refractivity contribution is 0.151. The van der Waals surface area contributed by atoms with Gasteiger partial charge in [-0.05, 0) is 51.1 Å². The van der Waals surface area contributed by atoms with Crippen LogP contribution in [0, 0.1) is 0 Å². The van der Waals surface area contributed by atoms with E-state index in [0.717, 1.165) is 23.4 Å². The summed E-state index contributed by atoms with van der Waals surface area (Å²) in [7, 11) is 2.22. The van der Waals surface area contributed by atoms with E-state index in [4.69, 9.17) is 0 Å². The minimum atomic E-state index is -0.0783. The second kappa shape index (κ2) is 6.28. The number of fused-ring (bicyclic) bond motifs is 2. The second-order valence-corrected chi connectivity index (χ2v) is 6.87. The number of anilines is 1. The molecule has 0 radical (unpaired) electrons. The molecule has 2 amide bonds. The van der Waals surface area contributed by atoms with Crippen molar-refractivity contribution in [2.75, 3.05) is 18.6 Å². The lowest BCUT2D eigenvalue weighted by atomic mass is 9.98. The predicted molar refractivity (Wildman–Crippen MR) is 88.0 cm³/mol. The lowest BCUT2D eigenvalue weighted by Crippen LogP contribution is -2.49. The predicted octanol–water partition coefficient (Wildman–Crippen LogP) is 3.16. The summed E-state index contributed by atoms with van der Waals surface area (Å²) in [5.74, 6) is 0. The van der Waals surface area contributed by atoms with E-state index in [1.54, 1.807) is 11.8 Å². The Labute approximate surface area is 130 Å². The summed E-state index contributed by atoms with van der Waals surface area (Å²) in [6.07, 6.45) is 6.72. The van der Waals surface area contributed by atoms with Gasteiger partial charge in [0.25, 0.3) is 0 Å². The van der Waals surface area contributed by atoms with Crippen molar-refractivity contribution in [1.82, 2.24) is 10.2 Å². The van der Waals surface area contributed by atoms with Crippen molar-refractivity contribution in [3.63, 3.8) is 0 Å². The van der Waals surface area contributed by atoms with Crippen LogP contribution in [-0.2, 0) is 0 Å². The summed E-state index contributed by atoms with van der Waals surface area (Å²) in [5, 5.41) is 6.14. The second-order valence-electron chi connectivity index (χ2n) is 6.02. The largest absolute Gasteiger partial charge is 0.335 e. The van der Waals surface area contributed by atoms with E-state index < -0.39 is 0 Å². The molecular weight excluding hydrogens is 282 g/mol. The Kier molecular flexibility index (Phi) is 4.40. The van der Waals surface area contributed by atoms with Crippen LogP contribution in [0.4, 0.5) is 10.5 Å². The van der Waals surface area contributed by atoms with E-state index in [9.17, 15) is 4.79 Å². The molecule has 2 heterocycles. The molecule has 2 fully saturated rings. The Hall–Kier alpha value is -1.20. The van der Waals surface area contributed by atoms with Crippen LogP contribution in [0.2, 0.25) is 0 Å². The maximum atomic E-state index is 12.2. The third kappa shape index (κ3) is 3.19. The van der Waals surface area contributed by atoms with Crippen molar-refractivity contribution in [2.45, 2.75) is 48.7 Å². The summed E-state index contributed by atoms with van der Waals surface area (Å²) in [6.45, 7) is 0. The molecule has 5 heteroatoms. The third-order valence-corrected chi connectivity index (χ3v) is 5.58. The first-order valence-corrected chi connectivity index (χ1v) is 8.82. The van der Waals surface area contributed by atoms with Crippen LogP contribution >= 0.6 is 11.8 Å². The topological polar surface area (TPSA) is 44.4 Å². The molecule has 1 aromatic rings. The van der Waals surface area contributed by atoms with Crippen LogP contribution in [0.25, 0.3) is 0 Å². The van der Waals surface area contributed by atoms with Crippen molar-refractivity contribution in [3.8, 4) is 0 Å². The smallest absolute Gasteiger partial charge is 0.319 e. The van der Waals surface area contributed by atoms with E-state index in [1.165, 1.54) is 12.8 Å². The summed E-state index contributed by atoms with van der Waals surface area (Å²) < 4.78 is 0. The molecule has 1 unspecified atom stereocenters. The molecule has 114 valence electrons. The first-order chi connectivity index (χ1) is 10.2. The normalized spacial score (nSPS) is 28.4. The van der Waals surface area contributed by atoms with Crippen LogP contribution in [0.15, 0.2) is 29.2 Å². The first kappa shape index (κ1) is 14.7. The molecule has 0 saturated carbocycles. The Balaban J connectivity index is 1.57. The highest BCUT2D eigenvalue weighted by molar-refractivity contribution is 7.98. The Morgan fingerprint density at radius 3 is 2.57 bits per heavy atom. The summed E-state index contributed by atoms with van der Waals surface area (Å²) >= 11 is 1.65. The number of amides is 2. The van der Waals surface area contributed by atoms with Gasteiger partial charge >= 0.3 is 6.03 Å². The molecule has 3 atom stereocenters. The van der Waals surface area contributed by atoms with Crippen LogP contribution < -0.4 is 10.6 Å². The first-order valence-electron chi connectivity index (χ1n) is 7.60. The molecule has 0 spiro atoms. The van der Waals surface area contributed by atoms with E-state index in [1.807, 2.05) is 30.5 Å². The molecule has 3 rings (SSSR count). The van der Waals surface area contributed by atoms with Gasteiger partial charge in [-0.2, -0.15) is 0 Å². The Morgan fingerprint density at radius 2 is 1.90 bits per heavy atom. The summed E-state index contributed by atoms with van der Waals surface area (Å²) in [5.41, 5.74) is 0.887. The minimum absolute atomic E-state index is 0.0783. The molecule has 1 aromatic carbocycles. The maximum Gasteiger partial charge on any atom is 0.319 e. The number of benzene rings is 1. The fourth-order valence-electron chi connectivity index (χ4n) is 3.62. The number of urea groups is 1. The number of nitrogens with one attached hydrogen (secondary N) is 2. The van der Waals surface area contributed by atoms with Gasteiger partial charge in [0.05, 0.1) is 5.69 Å². The molecule has 2 aliphatic heterocycles. The zero-order valence-electron chi connectivity index (χ0n) is 12.6. The highest BCUT2D eigenvalue weighted by Crippen LogP contribution is 2.34. The van der Waals surface area contributed by atoms with Crippen molar-refractivity contribution >= 4 is 23.5 Å².